The van der Waals surface area contributed by atoms with E-state index in [4.69, 9.17) is 11.6 Å². The highest BCUT2D eigenvalue weighted by Gasteiger charge is 2.20. The SMILES string of the molecule is Cc1cc(C)cc(Nc2nc(N(N)[C@H](C)C=O)[nH]c(=O)c2C(N)=O)c1. The number of hydrazine groups is 1. The first-order valence-electron chi connectivity index (χ1n) is 7.51. The lowest BCUT2D eigenvalue weighted by molar-refractivity contribution is -0.108. The first-order chi connectivity index (χ1) is 11.7. The fraction of sp³-hybridized carbons (Fsp3) is 0.250. The maximum atomic E-state index is 12.2. The molecule has 0 spiro atoms. The molecule has 0 saturated heterocycles. The van der Waals surface area contributed by atoms with Crippen LogP contribution in [0.25, 0.3) is 0 Å². The van der Waals surface area contributed by atoms with E-state index in [1.165, 1.54) is 6.92 Å². The number of rotatable bonds is 6. The van der Waals surface area contributed by atoms with Crippen LogP contribution in [0.4, 0.5) is 17.5 Å². The number of primary amides is 1. The average molecular weight is 344 g/mol. The van der Waals surface area contributed by atoms with E-state index in [0.29, 0.717) is 12.0 Å². The number of carbonyl (C=O) groups is 2. The van der Waals surface area contributed by atoms with Gasteiger partial charge in [0.05, 0.1) is 0 Å². The molecule has 132 valence electrons. The number of benzene rings is 1. The summed E-state index contributed by atoms with van der Waals surface area (Å²) in [5.74, 6) is 4.74. The number of hydrogen-bond donors (Lipinski definition) is 4. The number of anilines is 3. The molecule has 1 heterocycles. The predicted molar refractivity (Wildman–Crippen MR) is 94.8 cm³/mol. The van der Waals surface area contributed by atoms with Crippen molar-refractivity contribution in [3.05, 3.63) is 45.2 Å². The molecule has 6 N–H and O–H groups in total. The van der Waals surface area contributed by atoms with Gasteiger partial charge >= 0.3 is 0 Å². The van der Waals surface area contributed by atoms with Crippen molar-refractivity contribution in [1.82, 2.24) is 9.97 Å². The molecule has 2 rings (SSSR count). The number of nitrogens with zero attached hydrogens (tertiary/aromatic N) is 2. The van der Waals surface area contributed by atoms with E-state index in [0.717, 1.165) is 16.1 Å². The predicted octanol–water partition coefficient (Wildman–Crippen LogP) is 0.497. The first-order valence-corrected chi connectivity index (χ1v) is 7.51. The maximum absolute atomic E-state index is 12.2. The molecular formula is C16H20N6O3. The smallest absolute Gasteiger partial charge is 0.267 e. The number of aryl methyl sites for hydroxylation is 2. The van der Waals surface area contributed by atoms with Gasteiger partial charge in [-0.15, -0.1) is 0 Å². The number of amides is 1. The first kappa shape index (κ1) is 18.1. The van der Waals surface area contributed by atoms with E-state index in [1.54, 1.807) is 0 Å². The summed E-state index contributed by atoms with van der Waals surface area (Å²) >= 11 is 0. The number of nitrogens with one attached hydrogen (secondary N) is 2. The zero-order valence-electron chi connectivity index (χ0n) is 14.2. The molecule has 0 aliphatic heterocycles. The Kier molecular flexibility index (Phi) is 5.18. The summed E-state index contributed by atoms with van der Waals surface area (Å²) in [4.78, 5) is 41.3. The quantitative estimate of drug-likeness (QED) is 0.339. The molecule has 2 aromatic rings. The highest BCUT2D eigenvalue weighted by Crippen LogP contribution is 2.21. The minimum atomic E-state index is -0.931. The van der Waals surface area contributed by atoms with Crippen molar-refractivity contribution in [2.24, 2.45) is 11.6 Å². The normalized spacial score (nSPS) is 11.7. The van der Waals surface area contributed by atoms with Gasteiger partial charge in [-0.3, -0.25) is 19.6 Å². The summed E-state index contributed by atoms with van der Waals surface area (Å²) in [6.07, 6.45) is 0.596. The summed E-state index contributed by atoms with van der Waals surface area (Å²) in [5, 5.41) is 3.92. The summed E-state index contributed by atoms with van der Waals surface area (Å²) in [7, 11) is 0. The zero-order chi connectivity index (χ0) is 18.7. The molecular weight excluding hydrogens is 324 g/mol. The number of hydrogen-bond acceptors (Lipinski definition) is 7. The summed E-state index contributed by atoms with van der Waals surface area (Å²) in [5.41, 5.74) is 6.84. The van der Waals surface area contributed by atoms with Crippen LogP contribution in [0.1, 0.15) is 28.4 Å². The monoisotopic (exact) mass is 344 g/mol. The Morgan fingerprint density at radius 2 is 1.92 bits per heavy atom. The fourth-order valence-electron chi connectivity index (χ4n) is 2.34. The number of H-pyrrole nitrogens is 1. The molecule has 1 atom stereocenters. The molecule has 1 aromatic heterocycles. The van der Waals surface area contributed by atoms with Crippen molar-refractivity contribution in [2.75, 3.05) is 10.3 Å². The second kappa shape index (κ2) is 7.14. The molecule has 0 radical (unpaired) electrons. The van der Waals surface area contributed by atoms with E-state index in [9.17, 15) is 14.4 Å². The van der Waals surface area contributed by atoms with Gasteiger partial charge in [0, 0.05) is 5.69 Å². The summed E-state index contributed by atoms with van der Waals surface area (Å²) in [6, 6.07) is 4.91. The minimum absolute atomic E-state index is 0.0372. The summed E-state index contributed by atoms with van der Waals surface area (Å²) in [6.45, 7) is 5.36. The topological polar surface area (TPSA) is 147 Å². The number of aromatic nitrogens is 2. The zero-order valence-corrected chi connectivity index (χ0v) is 14.2. The van der Waals surface area contributed by atoms with Crippen molar-refractivity contribution < 1.29 is 9.59 Å². The maximum Gasteiger partial charge on any atom is 0.267 e. The van der Waals surface area contributed by atoms with E-state index < -0.39 is 17.5 Å². The van der Waals surface area contributed by atoms with E-state index in [1.807, 2.05) is 32.0 Å². The van der Waals surface area contributed by atoms with Crippen LogP contribution < -0.4 is 27.5 Å². The van der Waals surface area contributed by atoms with Gasteiger partial charge in [0.1, 0.15) is 17.9 Å². The molecule has 0 bridgehead atoms. The Morgan fingerprint density at radius 3 is 2.44 bits per heavy atom. The molecule has 0 fully saturated rings. The van der Waals surface area contributed by atoms with Gasteiger partial charge < -0.3 is 15.8 Å². The number of nitrogens with two attached hydrogens (primary N) is 2. The van der Waals surface area contributed by atoms with Crippen molar-refractivity contribution in [2.45, 2.75) is 26.8 Å². The lowest BCUT2D eigenvalue weighted by Gasteiger charge is -2.21. The highest BCUT2D eigenvalue weighted by molar-refractivity contribution is 5.98. The largest absolute Gasteiger partial charge is 0.365 e. The van der Waals surface area contributed by atoms with Crippen molar-refractivity contribution in [3.63, 3.8) is 0 Å². The second-order valence-corrected chi connectivity index (χ2v) is 5.76. The van der Waals surface area contributed by atoms with Crippen LogP contribution >= 0.6 is 0 Å². The molecule has 1 amide bonds. The van der Waals surface area contributed by atoms with Gasteiger partial charge in [-0.05, 0) is 44.0 Å². The lowest BCUT2D eigenvalue weighted by Crippen LogP contribution is -2.43. The minimum Gasteiger partial charge on any atom is -0.365 e. The van der Waals surface area contributed by atoms with E-state index in [2.05, 4.69) is 15.3 Å². The van der Waals surface area contributed by atoms with Gasteiger partial charge in [0.15, 0.2) is 5.82 Å². The number of aromatic amines is 1. The van der Waals surface area contributed by atoms with Gasteiger partial charge in [-0.1, -0.05) is 6.07 Å². The molecule has 1 aromatic carbocycles. The van der Waals surface area contributed by atoms with Crippen LogP contribution in [-0.2, 0) is 4.79 Å². The Balaban J connectivity index is 2.56. The van der Waals surface area contributed by atoms with Crippen LogP contribution in [0.3, 0.4) is 0 Å². The summed E-state index contributed by atoms with van der Waals surface area (Å²) < 4.78 is 0. The molecule has 0 aliphatic rings. The fourth-order valence-corrected chi connectivity index (χ4v) is 2.34. The van der Waals surface area contributed by atoms with Crippen LogP contribution in [0, 0.1) is 13.8 Å². The van der Waals surface area contributed by atoms with Gasteiger partial charge in [-0.25, -0.2) is 5.84 Å². The third-order valence-corrected chi connectivity index (χ3v) is 3.52. The molecule has 25 heavy (non-hydrogen) atoms. The van der Waals surface area contributed by atoms with E-state index >= 15 is 0 Å². The molecule has 0 unspecified atom stereocenters. The molecule has 9 heteroatoms. The van der Waals surface area contributed by atoms with Crippen LogP contribution in [0.5, 0.6) is 0 Å². The standard InChI is InChI=1S/C16H20N6O3/c1-8-4-9(2)6-11(5-8)19-14-12(13(17)24)15(25)21-16(20-14)22(18)10(3)7-23/h4-7,10H,18H2,1-3H3,(H2,17,24)(H2,19,20,21,25)/t10-/m1/s1. The molecule has 0 aliphatic carbocycles. The third-order valence-electron chi connectivity index (χ3n) is 3.52. The molecule has 0 saturated carbocycles. The second-order valence-electron chi connectivity index (χ2n) is 5.76. The molecule has 9 nitrogen and oxygen atoms in total. The lowest BCUT2D eigenvalue weighted by atomic mass is 10.1. The Hall–Kier alpha value is -3.20. The van der Waals surface area contributed by atoms with Crippen LogP contribution in [-0.4, -0.2) is 28.2 Å². The van der Waals surface area contributed by atoms with Crippen molar-refractivity contribution in [1.29, 1.82) is 0 Å². The Morgan fingerprint density at radius 1 is 1.32 bits per heavy atom. The van der Waals surface area contributed by atoms with Crippen LogP contribution in [0.2, 0.25) is 0 Å². The number of carbonyl (C=O) groups excluding carboxylic acids is 2. The van der Waals surface area contributed by atoms with Crippen LogP contribution in [0.15, 0.2) is 23.0 Å². The van der Waals surface area contributed by atoms with Gasteiger partial charge in [-0.2, -0.15) is 4.98 Å². The third kappa shape index (κ3) is 4.01. The highest BCUT2D eigenvalue weighted by atomic mass is 16.2. The average Bonchev–Trinajstić information content (AvgIpc) is 2.51. The van der Waals surface area contributed by atoms with Crippen molar-refractivity contribution >= 4 is 29.6 Å². The number of aldehydes is 1. The Labute approximate surface area is 144 Å². The van der Waals surface area contributed by atoms with Gasteiger partial charge in [0.2, 0.25) is 5.95 Å². The van der Waals surface area contributed by atoms with Gasteiger partial charge in [0.25, 0.3) is 11.5 Å². The van der Waals surface area contributed by atoms with E-state index in [-0.39, 0.29) is 17.3 Å². The van der Waals surface area contributed by atoms with Crippen molar-refractivity contribution in [3.8, 4) is 0 Å². The Bertz CT molecular complexity index is 856.